The maximum Gasteiger partial charge on any atom is 0.326 e. The molecule has 7 nitrogen and oxygen atoms in total. The third kappa shape index (κ3) is 5.27. The Balaban J connectivity index is 1.96. The minimum absolute atomic E-state index is 0.113. The molecular formula is C23H26N2O5S. The number of nitrogens with one attached hydrogen (secondary N) is 2. The van der Waals surface area contributed by atoms with E-state index in [1.54, 1.807) is 36.4 Å². The van der Waals surface area contributed by atoms with Gasteiger partial charge in [-0.15, -0.1) is 0 Å². The molecule has 8 heteroatoms. The van der Waals surface area contributed by atoms with Crippen molar-refractivity contribution < 1.29 is 23.1 Å². The van der Waals surface area contributed by atoms with Crippen LogP contribution in [0, 0.1) is 5.92 Å². The summed E-state index contributed by atoms with van der Waals surface area (Å²) in [6.07, 6.45) is 0.468. The Bertz CT molecular complexity index is 1170. The summed E-state index contributed by atoms with van der Waals surface area (Å²) in [6, 6.07) is 16.0. The number of fused-ring (bicyclic) bond motifs is 1. The maximum absolute atomic E-state index is 12.9. The molecule has 3 aromatic rings. The Morgan fingerprint density at radius 2 is 1.55 bits per heavy atom. The summed E-state index contributed by atoms with van der Waals surface area (Å²) in [5.74, 6) is -0.160. The summed E-state index contributed by atoms with van der Waals surface area (Å²) >= 11 is 0. The molecule has 0 amide bonds. The molecule has 0 bridgehead atoms. The van der Waals surface area contributed by atoms with Gasteiger partial charge >= 0.3 is 5.97 Å². The van der Waals surface area contributed by atoms with Crippen LogP contribution in [-0.2, 0) is 14.8 Å². The van der Waals surface area contributed by atoms with Crippen molar-refractivity contribution in [2.24, 2.45) is 5.92 Å². The summed E-state index contributed by atoms with van der Waals surface area (Å²) in [7, 11) is -2.30. The predicted molar refractivity (Wildman–Crippen MR) is 122 cm³/mol. The number of benzene rings is 3. The molecule has 0 saturated heterocycles. The van der Waals surface area contributed by atoms with Crippen LogP contribution in [0.1, 0.15) is 20.3 Å². The molecule has 0 aliphatic heterocycles. The van der Waals surface area contributed by atoms with Gasteiger partial charge in [-0.05, 0) is 48.7 Å². The number of hydrogen-bond donors (Lipinski definition) is 3. The molecule has 164 valence electrons. The standard InChI is InChI=1S/C23H26N2O5S/c1-15(2)14-22(23(26)27)24-20-12-13-21(19-7-5-4-6-18(19)20)25-31(28,29)17-10-8-16(30-3)9-11-17/h4-13,15,22,24-25H,14H2,1-3H3,(H,26,27)/t22-/m0/s1. The second-order valence-corrected chi connectivity index (χ2v) is 9.33. The normalized spacial score (nSPS) is 12.5. The van der Waals surface area contributed by atoms with Gasteiger partial charge in [0.2, 0.25) is 0 Å². The van der Waals surface area contributed by atoms with Gasteiger partial charge in [-0.25, -0.2) is 13.2 Å². The second kappa shape index (κ2) is 9.26. The molecular weight excluding hydrogens is 416 g/mol. The largest absolute Gasteiger partial charge is 0.497 e. The van der Waals surface area contributed by atoms with Gasteiger partial charge in [-0.3, -0.25) is 4.72 Å². The van der Waals surface area contributed by atoms with Crippen molar-refractivity contribution in [2.75, 3.05) is 17.1 Å². The average Bonchev–Trinajstić information content (AvgIpc) is 2.74. The van der Waals surface area contributed by atoms with Crippen molar-refractivity contribution in [1.82, 2.24) is 0 Å². The zero-order valence-electron chi connectivity index (χ0n) is 17.6. The first-order chi connectivity index (χ1) is 14.7. The lowest BCUT2D eigenvalue weighted by molar-refractivity contribution is -0.138. The zero-order chi connectivity index (χ0) is 22.6. The van der Waals surface area contributed by atoms with Crippen molar-refractivity contribution in [3.05, 3.63) is 60.7 Å². The molecule has 3 N–H and O–H groups in total. The smallest absolute Gasteiger partial charge is 0.326 e. The van der Waals surface area contributed by atoms with E-state index in [9.17, 15) is 18.3 Å². The SMILES string of the molecule is COc1ccc(S(=O)(=O)Nc2ccc(N[C@@H](CC(C)C)C(=O)O)c3ccccc23)cc1. The van der Waals surface area contributed by atoms with E-state index in [4.69, 9.17) is 4.74 Å². The van der Waals surface area contributed by atoms with Crippen LogP contribution >= 0.6 is 0 Å². The average molecular weight is 443 g/mol. The number of sulfonamides is 1. The third-order valence-electron chi connectivity index (χ3n) is 4.87. The van der Waals surface area contributed by atoms with Crippen molar-refractivity contribution >= 4 is 38.1 Å². The van der Waals surface area contributed by atoms with Crippen LogP contribution in [0.15, 0.2) is 65.6 Å². The van der Waals surface area contributed by atoms with E-state index in [1.807, 2.05) is 26.0 Å². The van der Waals surface area contributed by atoms with E-state index in [0.717, 1.165) is 5.39 Å². The second-order valence-electron chi connectivity index (χ2n) is 7.65. The first kappa shape index (κ1) is 22.4. The van der Waals surface area contributed by atoms with Crippen molar-refractivity contribution in [2.45, 2.75) is 31.2 Å². The number of hydrogen-bond acceptors (Lipinski definition) is 5. The Morgan fingerprint density at radius 1 is 0.968 bits per heavy atom. The summed E-state index contributed by atoms with van der Waals surface area (Å²) < 4.78 is 33.5. The number of carbonyl (C=O) groups is 1. The molecule has 3 rings (SSSR count). The minimum atomic E-state index is -3.82. The van der Waals surface area contributed by atoms with Gasteiger partial charge in [-0.2, -0.15) is 0 Å². The van der Waals surface area contributed by atoms with E-state index >= 15 is 0 Å². The highest BCUT2D eigenvalue weighted by Gasteiger charge is 2.21. The predicted octanol–water partition coefficient (Wildman–Crippen LogP) is 4.56. The monoisotopic (exact) mass is 442 g/mol. The van der Waals surface area contributed by atoms with Crippen molar-refractivity contribution in [3.8, 4) is 5.75 Å². The van der Waals surface area contributed by atoms with Gasteiger partial charge < -0.3 is 15.2 Å². The van der Waals surface area contributed by atoms with E-state index in [-0.39, 0.29) is 10.8 Å². The first-order valence-electron chi connectivity index (χ1n) is 9.89. The van der Waals surface area contributed by atoms with Crippen molar-refractivity contribution in [3.63, 3.8) is 0 Å². The van der Waals surface area contributed by atoms with Crippen LogP contribution in [0.4, 0.5) is 11.4 Å². The summed E-state index contributed by atoms with van der Waals surface area (Å²) in [6.45, 7) is 3.93. The van der Waals surface area contributed by atoms with Gasteiger partial charge in [0.15, 0.2) is 0 Å². The highest BCUT2D eigenvalue weighted by atomic mass is 32.2. The summed E-state index contributed by atoms with van der Waals surface area (Å²) in [5.41, 5.74) is 1.05. The Labute approximate surface area is 182 Å². The van der Waals surface area contributed by atoms with Gasteiger partial charge in [-0.1, -0.05) is 38.1 Å². The number of carboxylic acid groups (broad SMARTS) is 1. The molecule has 0 radical (unpaired) electrons. The Kier molecular flexibility index (Phi) is 6.70. The lowest BCUT2D eigenvalue weighted by Crippen LogP contribution is -2.30. The van der Waals surface area contributed by atoms with Gasteiger partial charge in [0.05, 0.1) is 17.7 Å². The quantitative estimate of drug-likeness (QED) is 0.449. The van der Waals surface area contributed by atoms with E-state index in [2.05, 4.69) is 10.0 Å². The molecule has 0 unspecified atom stereocenters. The molecule has 0 fully saturated rings. The van der Waals surface area contributed by atoms with Gasteiger partial charge in [0.1, 0.15) is 11.8 Å². The molecule has 3 aromatic carbocycles. The lowest BCUT2D eigenvalue weighted by Gasteiger charge is -2.20. The molecule has 0 aromatic heterocycles. The molecule has 0 aliphatic rings. The molecule has 0 spiro atoms. The van der Waals surface area contributed by atoms with Crippen LogP contribution in [-0.4, -0.2) is 32.6 Å². The van der Waals surface area contributed by atoms with Crippen LogP contribution in [0.2, 0.25) is 0 Å². The van der Waals surface area contributed by atoms with Crippen LogP contribution in [0.5, 0.6) is 5.75 Å². The number of rotatable bonds is 9. The van der Waals surface area contributed by atoms with Gasteiger partial charge in [0, 0.05) is 16.5 Å². The lowest BCUT2D eigenvalue weighted by atomic mass is 10.0. The molecule has 1 atom stereocenters. The Hall–Kier alpha value is -3.26. The van der Waals surface area contributed by atoms with Crippen molar-refractivity contribution in [1.29, 1.82) is 0 Å². The number of aliphatic carboxylic acids is 1. The highest BCUT2D eigenvalue weighted by Crippen LogP contribution is 2.32. The molecule has 0 saturated carbocycles. The topological polar surface area (TPSA) is 105 Å². The number of carboxylic acids is 1. The van der Waals surface area contributed by atoms with Crippen LogP contribution < -0.4 is 14.8 Å². The van der Waals surface area contributed by atoms with Crippen LogP contribution in [0.3, 0.4) is 0 Å². The summed E-state index contributed by atoms with van der Waals surface area (Å²) in [4.78, 5) is 11.8. The van der Waals surface area contributed by atoms with E-state index < -0.39 is 22.0 Å². The first-order valence-corrected chi connectivity index (χ1v) is 11.4. The maximum atomic E-state index is 12.9. The summed E-state index contributed by atoms with van der Waals surface area (Å²) in [5, 5.41) is 14.1. The minimum Gasteiger partial charge on any atom is -0.497 e. The zero-order valence-corrected chi connectivity index (χ0v) is 18.4. The number of methoxy groups -OCH3 is 1. The fourth-order valence-electron chi connectivity index (χ4n) is 3.35. The Morgan fingerprint density at radius 3 is 2.10 bits per heavy atom. The van der Waals surface area contributed by atoms with E-state index in [1.165, 1.54) is 19.2 Å². The van der Waals surface area contributed by atoms with E-state index in [0.29, 0.717) is 28.9 Å². The fraction of sp³-hybridized carbons (Fsp3) is 0.261. The molecule has 0 aliphatic carbocycles. The van der Waals surface area contributed by atoms with Gasteiger partial charge in [0.25, 0.3) is 10.0 Å². The highest BCUT2D eigenvalue weighted by molar-refractivity contribution is 7.92. The molecule has 0 heterocycles. The number of ether oxygens (including phenoxy) is 1. The van der Waals surface area contributed by atoms with Crippen LogP contribution in [0.25, 0.3) is 10.8 Å². The fourth-order valence-corrected chi connectivity index (χ4v) is 4.43. The molecule has 31 heavy (non-hydrogen) atoms. The number of anilines is 2. The third-order valence-corrected chi connectivity index (χ3v) is 6.25.